The van der Waals surface area contributed by atoms with Gasteiger partial charge in [-0.3, -0.25) is 0 Å². The quantitative estimate of drug-likeness (QED) is 0.612. The molecule has 0 bridgehead atoms. The van der Waals surface area contributed by atoms with Gasteiger partial charge in [0.25, 0.3) is 0 Å². The first-order valence-corrected chi connectivity index (χ1v) is 10.1. The van der Waals surface area contributed by atoms with Crippen molar-refractivity contribution in [2.24, 2.45) is 0 Å². The molecule has 0 atom stereocenters. The molecule has 0 aliphatic rings. The summed E-state index contributed by atoms with van der Waals surface area (Å²) >= 11 is 1.09. The van der Waals surface area contributed by atoms with Crippen LogP contribution in [0.15, 0.2) is 12.4 Å². The Hall–Kier alpha value is 0.300. The molecule has 0 radical (unpaired) electrons. The molecule has 0 unspecified atom stereocenters. The first kappa shape index (κ1) is 15.3. The number of rotatable bonds is 5. The molecule has 1 heterocycles. The Kier molecular flexibility index (Phi) is 6.93. The first-order valence-electron chi connectivity index (χ1n) is 4.90. The first-order chi connectivity index (χ1) is 6.49. The third-order valence-electron chi connectivity index (χ3n) is 2.03. The van der Waals surface area contributed by atoms with E-state index in [-0.39, 0.29) is 12.4 Å². The number of hydrogen-bond donors (Lipinski definition) is 0. The molecule has 1 aromatic heterocycles. The average Bonchev–Trinajstić information content (AvgIpc) is 2.44. The zero-order valence-electron chi connectivity index (χ0n) is 9.69. The standard InChI is InChI=1S/C9H17N2OSi.ClH.Zn/c1-13(2,3)7-6-12-9-11-5-4-10-8-11;;/h4-5H,6-7,9H2,1-3H3;1H;. The van der Waals surface area contributed by atoms with Crippen LogP contribution in [0.5, 0.6) is 0 Å². The Labute approximate surface area is 109 Å². The van der Waals surface area contributed by atoms with Crippen molar-refractivity contribution in [1.82, 2.24) is 9.55 Å². The van der Waals surface area contributed by atoms with Crippen LogP contribution in [-0.2, 0) is 29.8 Å². The predicted molar refractivity (Wildman–Crippen MR) is 63.2 cm³/mol. The third kappa shape index (κ3) is 6.46. The molecule has 0 saturated heterocycles. The minimum Gasteiger partial charge on any atom is -0.147 e. The monoisotopic (exact) mass is 297 g/mol. The van der Waals surface area contributed by atoms with Crippen LogP contribution < -0.4 is 4.42 Å². The van der Waals surface area contributed by atoms with E-state index in [4.69, 9.17) is 4.74 Å². The molecule has 83 valence electrons. The summed E-state index contributed by atoms with van der Waals surface area (Å²) in [4.78, 5) is 4.19. The number of nitrogens with zero attached hydrogens (tertiary/aromatic N) is 2. The summed E-state index contributed by atoms with van der Waals surface area (Å²) in [7, 11) is -0.935. The van der Waals surface area contributed by atoms with E-state index in [0.29, 0.717) is 6.73 Å². The molecule has 0 amide bonds. The number of aromatic nitrogens is 2. The second kappa shape index (κ2) is 6.79. The van der Waals surface area contributed by atoms with Crippen molar-refractivity contribution in [3.8, 4) is 0 Å². The normalized spacial score (nSPS) is 11.3. The fraction of sp³-hybridized carbons (Fsp3) is 0.667. The maximum absolute atomic E-state index is 5.61. The Bertz CT molecular complexity index is 288. The maximum atomic E-state index is 5.61. The van der Waals surface area contributed by atoms with Crippen molar-refractivity contribution in [2.45, 2.75) is 32.4 Å². The molecular formula is C9H18ClN2OSiZn. The summed E-state index contributed by atoms with van der Waals surface area (Å²) in [6, 6.07) is 1.23. The molecule has 15 heavy (non-hydrogen) atoms. The number of halogens is 1. The van der Waals surface area contributed by atoms with Gasteiger partial charge in [-0.15, -0.1) is 12.4 Å². The molecule has 6 heteroatoms. The molecule has 1 aromatic rings. The van der Waals surface area contributed by atoms with E-state index in [9.17, 15) is 0 Å². The van der Waals surface area contributed by atoms with Crippen LogP contribution in [0, 0.1) is 0 Å². The second-order valence-corrected chi connectivity index (χ2v) is 11.6. The number of imidazole rings is 1. The fourth-order valence-corrected chi connectivity index (χ4v) is 2.41. The predicted octanol–water partition coefficient (Wildman–Crippen LogP) is 1.79. The van der Waals surface area contributed by atoms with Crippen LogP contribution in [0.4, 0.5) is 0 Å². The summed E-state index contributed by atoms with van der Waals surface area (Å²) in [5.41, 5.74) is 0. The number of ether oxygens (including phenoxy) is 1. The fourth-order valence-electron chi connectivity index (χ4n) is 1.02. The molecule has 0 aromatic carbocycles. The topological polar surface area (TPSA) is 27.1 Å². The van der Waals surface area contributed by atoms with E-state index in [0.717, 1.165) is 29.3 Å². The van der Waals surface area contributed by atoms with Crippen LogP contribution in [0.1, 0.15) is 0 Å². The minimum absolute atomic E-state index is 0. The minimum atomic E-state index is -0.935. The van der Waals surface area contributed by atoms with Crippen molar-refractivity contribution in [2.75, 3.05) is 6.61 Å². The van der Waals surface area contributed by atoms with Gasteiger partial charge in [-0.05, 0) is 0 Å². The van der Waals surface area contributed by atoms with Gasteiger partial charge >= 0.3 is 96.5 Å². The van der Waals surface area contributed by atoms with Crippen LogP contribution >= 0.6 is 12.4 Å². The summed E-state index contributed by atoms with van der Waals surface area (Å²) in [6.45, 7) is 8.65. The van der Waals surface area contributed by atoms with Crippen LogP contribution in [0.25, 0.3) is 0 Å². The zero-order chi connectivity index (χ0) is 10.6. The second-order valence-electron chi connectivity index (χ2n) is 4.66. The molecular weight excluding hydrogens is 281 g/mol. The van der Waals surface area contributed by atoms with E-state index >= 15 is 0 Å². The Morgan fingerprint density at radius 1 is 1.47 bits per heavy atom. The summed E-state index contributed by atoms with van der Waals surface area (Å²) < 4.78 is 8.82. The number of hydrogen-bond acceptors (Lipinski definition) is 2. The van der Waals surface area contributed by atoms with Crippen LogP contribution in [0.2, 0.25) is 25.7 Å². The summed E-state index contributed by atoms with van der Waals surface area (Å²) in [5.74, 6) is 0. The van der Waals surface area contributed by atoms with Crippen molar-refractivity contribution < 1.29 is 23.0 Å². The van der Waals surface area contributed by atoms with Gasteiger partial charge in [0.1, 0.15) is 0 Å². The maximum Gasteiger partial charge on any atom is -0.147 e. The van der Waals surface area contributed by atoms with E-state index < -0.39 is 8.07 Å². The molecule has 0 saturated carbocycles. The molecule has 0 fully saturated rings. The van der Waals surface area contributed by atoms with Gasteiger partial charge in [0.15, 0.2) is 0 Å². The largest absolute Gasteiger partial charge is 0.147 e. The van der Waals surface area contributed by atoms with Gasteiger partial charge in [-0.2, -0.15) is 0 Å². The SMILES string of the molecule is C[Si](C)(C)CCOCn1ccn[c]1[Zn].Cl. The van der Waals surface area contributed by atoms with E-state index in [1.807, 2.05) is 12.4 Å². The van der Waals surface area contributed by atoms with Crippen molar-refractivity contribution in [3.05, 3.63) is 12.4 Å². The summed E-state index contributed by atoms with van der Waals surface area (Å²) in [6.07, 6.45) is 3.81. The Morgan fingerprint density at radius 2 is 2.13 bits per heavy atom. The Balaban J connectivity index is 0.00000196. The van der Waals surface area contributed by atoms with E-state index in [1.54, 1.807) is 0 Å². The van der Waals surface area contributed by atoms with Crippen LogP contribution in [0.3, 0.4) is 0 Å². The van der Waals surface area contributed by atoms with E-state index in [1.165, 1.54) is 6.04 Å². The van der Waals surface area contributed by atoms with Crippen molar-refractivity contribution >= 4 is 24.9 Å². The molecule has 1 rings (SSSR count). The van der Waals surface area contributed by atoms with Gasteiger partial charge in [0, 0.05) is 0 Å². The molecule has 0 aliphatic heterocycles. The smallest absolute Gasteiger partial charge is 0.147 e. The van der Waals surface area contributed by atoms with Gasteiger partial charge in [-0.25, -0.2) is 0 Å². The molecule has 0 spiro atoms. The van der Waals surface area contributed by atoms with Crippen molar-refractivity contribution in [1.29, 1.82) is 0 Å². The molecule has 0 aliphatic carbocycles. The van der Waals surface area contributed by atoms with Gasteiger partial charge < -0.3 is 0 Å². The van der Waals surface area contributed by atoms with Crippen molar-refractivity contribution in [3.63, 3.8) is 0 Å². The zero-order valence-corrected chi connectivity index (χ0v) is 14.5. The van der Waals surface area contributed by atoms with E-state index in [2.05, 4.69) is 29.2 Å². The van der Waals surface area contributed by atoms with Gasteiger partial charge in [0.05, 0.1) is 0 Å². The van der Waals surface area contributed by atoms with Gasteiger partial charge in [-0.1, -0.05) is 0 Å². The third-order valence-corrected chi connectivity index (χ3v) is 4.97. The Morgan fingerprint density at radius 3 is 2.60 bits per heavy atom. The van der Waals surface area contributed by atoms with Gasteiger partial charge in [0.2, 0.25) is 0 Å². The van der Waals surface area contributed by atoms with Crippen LogP contribution in [-0.4, -0.2) is 24.2 Å². The molecule has 3 nitrogen and oxygen atoms in total. The average molecular weight is 299 g/mol. The summed E-state index contributed by atoms with van der Waals surface area (Å²) in [5, 5.41) is 0. The molecule has 0 N–H and O–H groups in total.